The van der Waals surface area contributed by atoms with Crippen molar-refractivity contribution < 1.29 is 12.6 Å². The molecule has 0 aromatic carbocycles. The molecule has 0 radical (unpaired) electrons. The van der Waals surface area contributed by atoms with Crippen molar-refractivity contribution in [1.82, 2.24) is 5.32 Å². The highest BCUT2D eigenvalue weighted by atomic mass is 32.2. The maximum atomic E-state index is 11.8. The Kier molecular flexibility index (Phi) is 6.09. The molecule has 0 heterocycles. The Bertz CT molecular complexity index is 348. The Morgan fingerprint density at radius 2 is 1.94 bits per heavy atom. The number of nitrogens with one attached hydrogen (secondary N) is 1. The molecule has 17 heavy (non-hydrogen) atoms. The van der Waals surface area contributed by atoms with Gasteiger partial charge in [0.05, 0.1) is 5.75 Å². The molecule has 102 valence electrons. The Labute approximate surface area is 107 Å². The van der Waals surface area contributed by atoms with Crippen LogP contribution in [0.4, 0.5) is 0 Å². The number of sulfone groups is 1. The van der Waals surface area contributed by atoms with Crippen LogP contribution < -0.4 is 5.32 Å². The molecule has 4 nitrogen and oxygen atoms in total. The molecule has 1 fully saturated rings. The van der Waals surface area contributed by atoms with Crippen LogP contribution >= 0.6 is 0 Å². The maximum Gasteiger partial charge on any atom is 0.148 e. The molecule has 1 aliphatic rings. The van der Waals surface area contributed by atoms with Gasteiger partial charge in [-0.15, -0.1) is 0 Å². The van der Waals surface area contributed by atoms with Crippen LogP contribution in [0, 0.1) is 5.92 Å². The van der Waals surface area contributed by atoms with E-state index in [0.29, 0.717) is 11.7 Å². The molecule has 0 aromatic heterocycles. The van der Waals surface area contributed by atoms with Gasteiger partial charge in [0.15, 0.2) is 0 Å². The van der Waals surface area contributed by atoms with Crippen LogP contribution in [-0.2, 0) is 20.6 Å². The quantitative estimate of drug-likeness (QED) is 0.740. The van der Waals surface area contributed by atoms with Crippen molar-refractivity contribution in [3.05, 3.63) is 0 Å². The summed E-state index contributed by atoms with van der Waals surface area (Å²) in [5, 5.41) is 3.23. The van der Waals surface area contributed by atoms with Gasteiger partial charge in [0.2, 0.25) is 0 Å². The van der Waals surface area contributed by atoms with Crippen LogP contribution in [-0.4, -0.2) is 49.2 Å². The fourth-order valence-corrected chi connectivity index (χ4v) is 5.30. The molecule has 0 aliphatic heterocycles. The van der Waals surface area contributed by atoms with E-state index in [2.05, 4.69) is 5.32 Å². The minimum atomic E-state index is -2.99. The highest BCUT2D eigenvalue weighted by Crippen LogP contribution is 2.27. The average Bonchev–Trinajstić information content (AvgIpc) is 2.75. The van der Waals surface area contributed by atoms with Crippen molar-refractivity contribution >= 4 is 20.6 Å². The van der Waals surface area contributed by atoms with E-state index in [1.54, 1.807) is 0 Å². The van der Waals surface area contributed by atoms with Crippen molar-refractivity contribution in [1.29, 1.82) is 0 Å². The van der Waals surface area contributed by atoms with Gasteiger partial charge >= 0.3 is 0 Å². The van der Waals surface area contributed by atoms with E-state index in [9.17, 15) is 12.6 Å². The molecule has 1 aliphatic carbocycles. The SMILES string of the molecule is CNC(CS(=O)CCS(C)(=O)=O)C1CCCC1. The van der Waals surface area contributed by atoms with Gasteiger partial charge in [-0.1, -0.05) is 12.8 Å². The zero-order chi connectivity index (χ0) is 12.9. The van der Waals surface area contributed by atoms with E-state index in [4.69, 9.17) is 0 Å². The molecule has 1 rings (SSSR count). The summed E-state index contributed by atoms with van der Waals surface area (Å²) in [6.07, 6.45) is 6.12. The van der Waals surface area contributed by atoms with E-state index in [-0.39, 0.29) is 17.5 Å². The van der Waals surface area contributed by atoms with Gasteiger partial charge in [0.1, 0.15) is 9.84 Å². The molecule has 0 spiro atoms. The van der Waals surface area contributed by atoms with E-state index in [1.165, 1.54) is 31.9 Å². The fourth-order valence-electron chi connectivity index (χ4n) is 2.34. The van der Waals surface area contributed by atoms with E-state index >= 15 is 0 Å². The summed E-state index contributed by atoms with van der Waals surface area (Å²) in [4.78, 5) is 0. The average molecular weight is 281 g/mol. The van der Waals surface area contributed by atoms with Gasteiger partial charge in [0, 0.05) is 34.6 Å². The van der Waals surface area contributed by atoms with Crippen LogP contribution in [0.2, 0.25) is 0 Å². The first-order valence-electron chi connectivity index (χ1n) is 6.12. The van der Waals surface area contributed by atoms with Crippen molar-refractivity contribution in [3.63, 3.8) is 0 Å². The highest BCUT2D eigenvalue weighted by molar-refractivity contribution is 7.92. The summed E-state index contributed by atoms with van der Waals surface area (Å²) in [5.41, 5.74) is 0. The first-order valence-corrected chi connectivity index (χ1v) is 9.67. The summed E-state index contributed by atoms with van der Waals surface area (Å²) < 4.78 is 33.8. The lowest BCUT2D eigenvalue weighted by Crippen LogP contribution is -2.38. The molecule has 0 amide bonds. The first kappa shape index (κ1) is 15.1. The minimum Gasteiger partial charge on any atom is -0.316 e. The second kappa shape index (κ2) is 6.85. The van der Waals surface area contributed by atoms with Crippen molar-refractivity contribution in [2.75, 3.05) is 30.6 Å². The van der Waals surface area contributed by atoms with Gasteiger partial charge in [-0.25, -0.2) is 8.42 Å². The van der Waals surface area contributed by atoms with Crippen LogP contribution in [0.25, 0.3) is 0 Å². The van der Waals surface area contributed by atoms with Crippen molar-refractivity contribution in [2.24, 2.45) is 5.92 Å². The Hall–Kier alpha value is 0.0600. The predicted molar refractivity (Wildman–Crippen MR) is 72.4 cm³/mol. The van der Waals surface area contributed by atoms with E-state index in [0.717, 1.165) is 0 Å². The molecule has 1 saturated carbocycles. The summed E-state index contributed by atoms with van der Waals surface area (Å²) in [7, 11) is -2.13. The Balaban J connectivity index is 2.37. The number of hydrogen-bond acceptors (Lipinski definition) is 4. The highest BCUT2D eigenvalue weighted by Gasteiger charge is 2.25. The van der Waals surface area contributed by atoms with Crippen molar-refractivity contribution in [2.45, 2.75) is 31.7 Å². The molecule has 2 atom stereocenters. The van der Waals surface area contributed by atoms with Crippen LogP contribution in [0.1, 0.15) is 25.7 Å². The standard InChI is InChI=1S/C11H23NO3S2/c1-12-11(10-5-3-4-6-10)9-16(13)7-8-17(2,14)15/h10-12H,3-9H2,1-2H3. The van der Waals surface area contributed by atoms with Gasteiger partial charge in [-0.05, 0) is 25.8 Å². The molecular formula is C11H23NO3S2. The normalized spacial score (nSPS) is 21.5. The third-order valence-electron chi connectivity index (χ3n) is 3.39. The lowest BCUT2D eigenvalue weighted by Gasteiger charge is -2.22. The molecule has 1 N–H and O–H groups in total. The van der Waals surface area contributed by atoms with Gasteiger partial charge in [0.25, 0.3) is 0 Å². The minimum absolute atomic E-state index is 0.0285. The van der Waals surface area contributed by atoms with Crippen LogP contribution in [0.15, 0.2) is 0 Å². The van der Waals surface area contributed by atoms with Gasteiger partial charge in [-0.3, -0.25) is 4.21 Å². The molecule has 2 unspecified atom stereocenters. The zero-order valence-corrected chi connectivity index (χ0v) is 12.3. The Morgan fingerprint density at radius 3 is 2.41 bits per heavy atom. The van der Waals surface area contributed by atoms with E-state index < -0.39 is 20.6 Å². The second-order valence-electron chi connectivity index (χ2n) is 4.88. The topological polar surface area (TPSA) is 63.2 Å². The summed E-state index contributed by atoms with van der Waals surface area (Å²) in [6, 6.07) is 0.276. The van der Waals surface area contributed by atoms with Crippen LogP contribution in [0.5, 0.6) is 0 Å². The van der Waals surface area contributed by atoms with Crippen LogP contribution in [0.3, 0.4) is 0 Å². The molecule has 6 heteroatoms. The Morgan fingerprint density at radius 1 is 1.35 bits per heavy atom. The monoisotopic (exact) mass is 281 g/mol. The van der Waals surface area contributed by atoms with Gasteiger partial charge in [-0.2, -0.15) is 0 Å². The number of rotatable bonds is 7. The fraction of sp³-hybridized carbons (Fsp3) is 1.00. The smallest absolute Gasteiger partial charge is 0.148 e. The predicted octanol–water partition coefficient (Wildman–Crippen LogP) is 0.558. The zero-order valence-electron chi connectivity index (χ0n) is 10.6. The van der Waals surface area contributed by atoms with Crippen molar-refractivity contribution in [3.8, 4) is 0 Å². The molecule has 0 bridgehead atoms. The molecule has 0 aromatic rings. The third-order valence-corrected chi connectivity index (χ3v) is 5.98. The summed E-state index contributed by atoms with van der Waals surface area (Å²) in [5.74, 6) is 1.49. The lowest BCUT2D eigenvalue weighted by molar-refractivity contribution is 0.408. The summed E-state index contributed by atoms with van der Waals surface area (Å²) in [6.45, 7) is 0. The van der Waals surface area contributed by atoms with E-state index in [1.807, 2.05) is 7.05 Å². The molecule has 0 saturated heterocycles. The largest absolute Gasteiger partial charge is 0.316 e. The van der Waals surface area contributed by atoms with Gasteiger partial charge < -0.3 is 5.32 Å². The third kappa shape index (κ3) is 5.97. The molecular weight excluding hydrogens is 258 g/mol. The maximum absolute atomic E-state index is 11.8. The lowest BCUT2D eigenvalue weighted by atomic mass is 10.0. The first-order chi connectivity index (χ1) is 7.92. The number of hydrogen-bond donors (Lipinski definition) is 1. The second-order valence-corrected chi connectivity index (χ2v) is 8.76. The summed E-state index contributed by atoms with van der Waals surface area (Å²) >= 11 is 0.